The van der Waals surface area contributed by atoms with Crippen molar-refractivity contribution in [2.75, 3.05) is 24.7 Å². The Balaban J connectivity index is 2.68. The van der Waals surface area contributed by atoms with Crippen LogP contribution < -0.4 is 10.0 Å². The standard InChI is InChI=1S/C10H15N3O4S/c1-8-4-3-5-9(10(8)13(14)15)11-6-7-12-18(2,16)17/h3-5,11-12H,6-7H2,1-2H3. The Bertz CT molecular complexity index is 542. The second kappa shape index (κ2) is 5.78. The van der Waals surface area contributed by atoms with Gasteiger partial charge in [0.2, 0.25) is 10.0 Å². The van der Waals surface area contributed by atoms with Gasteiger partial charge in [-0.05, 0) is 13.0 Å². The number of rotatable bonds is 6. The number of benzene rings is 1. The molecule has 0 unspecified atom stereocenters. The van der Waals surface area contributed by atoms with Crippen LogP contribution in [0.4, 0.5) is 11.4 Å². The number of anilines is 1. The highest BCUT2D eigenvalue weighted by Gasteiger charge is 2.16. The van der Waals surface area contributed by atoms with Crippen LogP contribution in [0.2, 0.25) is 0 Å². The van der Waals surface area contributed by atoms with E-state index < -0.39 is 14.9 Å². The highest BCUT2D eigenvalue weighted by Crippen LogP contribution is 2.27. The molecule has 100 valence electrons. The second-order valence-electron chi connectivity index (χ2n) is 3.82. The maximum absolute atomic E-state index is 10.9. The van der Waals surface area contributed by atoms with Crippen molar-refractivity contribution < 1.29 is 13.3 Å². The molecule has 2 N–H and O–H groups in total. The lowest BCUT2D eigenvalue weighted by molar-refractivity contribution is -0.384. The molecule has 1 rings (SSSR count). The van der Waals surface area contributed by atoms with Crippen molar-refractivity contribution >= 4 is 21.4 Å². The minimum atomic E-state index is -3.24. The van der Waals surface area contributed by atoms with Gasteiger partial charge in [0, 0.05) is 18.7 Å². The fourth-order valence-electron chi connectivity index (χ4n) is 1.48. The number of sulfonamides is 1. The van der Waals surface area contributed by atoms with Gasteiger partial charge in [0.05, 0.1) is 11.2 Å². The predicted octanol–water partition coefficient (Wildman–Crippen LogP) is 0.864. The van der Waals surface area contributed by atoms with Crippen molar-refractivity contribution in [1.82, 2.24) is 4.72 Å². The third-order valence-corrected chi connectivity index (χ3v) is 2.95. The second-order valence-corrected chi connectivity index (χ2v) is 5.65. The van der Waals surface area contributed by atoms with Gasteiger partial charge in [0.1, 0.15) is 5.69 Å². The van der Waals surface area contributed by atoms with Crippen LogP contribution in [-0.2, 0) is 10.0 Å². The molecule has 0 aromatic heterocycles. The van der Waals surface area contributed by atoms with Crippen LogP contribution in [0.25, 0.3) is 0 Å². The van der Waals surface area contributed by atoms with Gasteiger partial charge in [0.15, 0.2) is 0 Å². The molecule has 1 aromatic carbocycles. The van der Waals surface area contributed by atoms with Crippen LogP contribution in [0.3, 0.4) is 0 Å². The van der Waals surface area contributed by atoms with Gasteiger partial charge >= 0.3 is 0 Å². The Morgan fingerprint density at radius 2 is 2.00 bits per heavy atom. The van der Waals surface area contributed by atoms with Crippen molar-refractivity contribution in [2.45, 2.75) is 6.92 Å². The number of hydrogen-bond acceptors (Lipinski definition) is 5. The average Bonchev–Trinajstić information content (AvgIpc) is 2.22. The van der Waals surface area contributed by atoms with Crippen molar-refractivity contribution in [2.24, 2.45) is 0 Å². The highest BCUT2D eigenvalue weighted by molar-refractivity contribution is 7.88. The number of para-hydroxylation sites is 1. The average molecular weight is 273 g/mol. The summed E-state index contributed by atoms with van der Waals surface area (Å²) in [5.41, 5.74) is 0.952. The van der Waals surface area contributed by atoms with Crippen molar-refractivity contribution in [3.63, 3.8) is 0 Å². The molecule has 0 aliphatic carbocycles. The van der Waals surface area contributed by atoms with E-state index in [1.807, 2.05) is 0 Å². The van der Waals surface area contributed by atoms with E-state index >= 15 is 0 Å². The molecule has 0 aliphatic heterocycles. The topological polar surface area (TPSA) is 101 Å². The van der Waals surface area contributed by atoms with E-state index in [0.29, 0.717) is 11.3 Å². The summed E-state index contributed by atoms with van der Waals surface area (Å²) in [6.45, 7) is 2.10. The molecule has 18 heavy (non-hydrogen) atoms. The first-order valence-electron chi connectivity index (χ1n) is 5.24. The lowest BCUT2D eigenvalue weighted by Crippen LogP contribution is -2.27. The fraction of sp³-hybridized carbons (Fsp3) is 0.400. The van der Waals surface area contributed by atoms with E-state index in [1.165, 1.54) is 0 Å². The summed E-state index contributed by atoms with van der Waals surface area (Å²) < 4.78 is 23.9. The minimum absolute atomic E-state index is 0.0110. The molecule has 0 atom stereocenters. The minimum Gasteiger partial charge on any atom is -0.378 e. The summed E-state index contributed by atoms with van der Waals surface area (Å²) in [6, 6.07) is 4.94. The van der Waals surface area contributed by atoms with Crippen molar-refractivity contribution in [3.8, 4) is 0 Å². The molecular formula is C10H15N3O4S. The maximum atomic E-state index is 10.9. The number of hydrogen-bond donors (Lipinski definition) is 2. The van der Waals surface area contributed by atoms with Gasteiger partial charge in [-0.1, -0.05) is 12.1 Å². The van der Waals surface area contributed by atoms with E-state index in [9.17, 15) is 18.5 Å². The number of nitrogens with one attached hydrogen (secondary N) is 2. The molecule has 0 heterocycles. The Morgan fingerprint density at radius 3 is 2.56 bits per heavy atom. The van der Waals surface area contributed by atoms with Crippen molar-refractivity contribution in [3.05, 3.63) is 33.9 Å². The van der Waals surface area contributed by atoms with Crippen molar-refractivity contribution in [1.29, 1.82) is 0 Å². The Morgan fingerprint density at radius 1 is 1.33 bits per heavy atom. The van der Waals surface area contributed by atoms with Crippen LogP contribution in [0.1, 0.15) is 5.56 Å². The summed E-state index contributed by atoms with van der Waals surface area (Å²) in [7, 11) is -3.24. The van der Waals surface area contributed by atoms with E-state index in [1.54, 1.807) is 25.1 Å². The van der Waals surface area contributed by atoms with Gasteiger partial charge in [-0.25, -0.2) is 13.1 Å². The largest absolute Gasteiger partial charge is 0.378 e. The summed E-state index contributed by atoms with van der Waals surface area (Å²) in [5.74, 6) is 0. The maximum Gasteiger partial charge on any atom is 0.295 e. The van der Waals surface area contributed by atoms with Crippen LogP contribution in [0, 0.1) is 17.0 Å². The molecule has 0 spiro atoms. The first-order chi connectivity index (χ1) is 8.31. The monoisotopic (exact) mass is 273 g/mol. The van der Waals surface area contributed by atoms with Crippen LogP contribution >= 0.6 is 0 Å². The van der Waals surface area contributed by atoms with E-state index in [0.717, 1.165) is 6.26 Å². The Kier molecular flexibility index (Phi) is 4.62. The van der Waals surface area contributed by atoms with Gasteiger partial charge in [-0.15, -0.1) is 0 Å². The van der Waals surface area contributed by atoms with Gasteiger partial charge in [-0.3, -0.25) is 10.1 Å². The zero-order valence-electron chi connectivity index (χ0n) is 10.1. The lowest BCUT2D eigenvalue weighted by Gasteiger charge is -2.08. The third-order valence-electron chi connectivity index (χ3n) is 2.23. The van der Waals surface area contributed by atoms with Gasteiger partial charge in [-0.2, -0.15) is 0 Å². The molecule has 1 aromatic rings. The van der Waals surface area contributed by atoms with Crippen LogP contribution in [-0.4, -0.2) is 32.7 Å². The summed E-state index contributed by atoms with van der Waals surface area (Å²) in [6.07, 6.45) is 1.06. The third kappa shape index (κ3) is 4.30. The smallest absolute Gasteiger partial charge is 0.295 e. The Labute approximate surface area is 105 Å². The summed E-state index contributed by atoms with van der Waals surface area (Å²) in [5, 5.41) is 13.7. The number of nitrogens with zero attached hydrogens (tertiary/aromatic N) is 1. The molecule has 8 heteroatoms. The van der Waals surface area contributed by atoms with Crippen LogP contribution in [0.5, 0.6) is 0 Å². The predicted molar refractivity (Wildman–Crippen MR) is 69.2 cm³/mol. The molecule has 7 nitrogen and oxygen atoms in total. The van der Waals surface area contributed by atoms with E-state index in [-0.39, 0.29) is 18.8 Å². The summed E-state index contributed by atoms with van der Waals surface area (Å²) in [4.78, 5) is 10.4. The molecule has 0 radical (unpaired) electrons. The fourth-order valence-corrected chi connectivity index (χ4v) is 1.95. The van der Waals surface area contributed by atoms with Gasteiger partial charge < -0.3 is 5.32 Å². The lowest BCUT2D eigenvalue weighted by atomic mass is 10.1. The quantitative estimate of drug-likeness (QED) is 0.455. The summed E-state index contributed by atoms with van der Waals surface area (Å²) >= 11 is 0. The zero-order valence-corrected chi connectivity index (χ0v) is 11.0. The highest BCUT2D eigenvalue weighted by atomic mass is 32.2. The molecule has 0 aliphatic rings. The SMILES string of the molecule is Cc1cccc(NCCNS(C)(=O)=O)c1[N+](=O)[O-]. The van der Waals surface area contributed by atoms with E-state index in [2.05, 4.69) is 10.0 Å². The van der Waals surface area contributed by atoms with Crippen LogP contribution in [0.15, 0.2) is 18.2 Å². The normalized spacial score (nSPS) is 11.2. The first-order valence-corrected chi connectivity index (χ1v) is 7.13. The number of nitro groups is 1. The molecular weight excluding hydrogens is 258 g/mol. The molecule has 0 saturated heterocycles. The first kappa shape index (κ1) is 14.4. The Hall–Kier alpha value is -1.67. The number of nitro benzene ring substituents is 1. The van der Waals surface area contributed by atoms with Gasteiger partial charge in [0.25, 0.3) is 5.69 Å². The zero-order chi connectivity index (χ0) is 13.8. The number of aryl methyl sites for hydroxylation is 1. The molecule has 0 fully saturated rings. The molecule has 0 saturated carbocycles. The molecule has 0 bridgehead atoms. The molecule has 0 amide bonds. The van der Waals surface area contributed by atoms with E-state index in [4.69, 9.17) is 0 Å².